The van der Waals surface area contributed by atoms with Crippen molar-refractivity contribution in [3.8, 4) is 6.07 Å². The maximum absolute atomic E-state index is 12.9. The van der Waals surface area contributed by atoms with Gasteiger partial charge >= 0.3 is 6.18 Å². The van der Waals surface area contributed by atoms with Crippen LogP contribution < -0.4 is 10.4 Å². The number of rotatable bonds is 9. The molecule has 0 radical (unpaired) electrons. The molecule has 7 heteroatoms. The second-order valence-electron chi connectivity index (χ2n) is 9.91. The molecule has 0 aliphatic heterocycles. The lowest BCUT2D eigenvalue weighted by molar-refractivity contribution is -0.137. The number of benzene rings is 3. The Labute approximate surface area is 209 Å². The van der Waals surface area contributed by atoms with Crippen molar-refractivity contribution in [3.05, 3.63) is 96.1 Å². The maximum Gasteiger partial charge on any atom is 0.416 e. The third kappa shape index (κ3) is 6.32. The quantitative estimate of drug-likeness (QED) is 0.271. The minimum atomic E-state index is -4.37. The number of nitrogens with zero attached hydrogens (tertiary/aromatic N) is 1. The van der Waals surface area contributed by atoms with Crippen LogP contribution in [0.15, 0.2) is 84.9 Å². The summed E-state index contributed by atoms with van der Waals surface area (Å²) >= 11 is 0. The molecule has 0 saturated heterocycles. The van der Waals surface area contributed by atoms with E-state index in [2.05, 4.69) is 75.4 Å². The highest BCUT2D eigenvalue weighted by atomic mass is 29.2. The summed E-state index contributed by atoms with van der Waals surface area (Å²) in [4.78, 5) is 0. The van der Waals surface area contributed by atoms with Gasteiger partial charge in [0.1, 0.15) is 7.59 Å². The van der Waals surface area contributed by atoms with Crippen molar-refractivity contribution in [1.82, 2.24) is 0 Å². The molecule has 2 nitrogen and oxygen atoms in total. The van der Waals surface area contributed by atoms with E-state index in [1.54, 1.807) is 0 Å². The summed E-state index contributed by atoms with van der Waals surface area (Å²) in [5.41, 5.74) is 0.0718. The summed E-state index contributed by atoms with van der Waals surface area (Å²) in [5, 5.41) is 12.1. The Morgan fingerprint density at radius 1 is 0.857 bits per heavy atom. The maximum atomic E-state index is 12.9. The molecule has 184 valence electrons. The summed E-state index contributed by atoms with van der Waals surface area (Å²) in [6.07, 6.45) is -3.52. The topological polar surface area (TPSA) is 33.0 Å². The molecule has 3 aromatic rings. The minimum Gasteiger partial charge on any atom is -0.426 e. The third-order valence-electron chi connectivity index (χ3n) is 6.79. The standard InChI is InChI=1S/C28H32F3NOSi2/c1-27(2,3)35(25-10-6-4-7-11-25,26-12-8-5-9-13-26)34-33-21-19-23(18-20-32)22-14-16-24(17-15-22)28(29,30)31/h4-17,23H,18-19,21,34H2,1-3H3. The number of alkyl halides is 3. The first-order chi connectivity index (χ1) is 16.6. The molecule has 0 amide bonds. The molecule has 0 bridgehead atoms. The molecule has 0 aliphatic rings. The zero-order chi connectivity index (χ0) is 25.5. The molecular formula is C28H32F3NOSi2. The van der Waals surface area contributed by atoms with Gasteiger partial charge in [0.15, 0.2) is 9.28 Å². The first-order valence-electron chi connectivity index (χ1n) is 11.8. The van der Waals surface area contributed by atoms with Crippen molar-refractivity contribution in [1.29, 1.82) is 5.26 Å². The van der Waals surface area contributed by atoms with Crippen molar-refractivity contribution in [2.24, 2.45) is 0 Å². The Bertz CT molecular complexity index is 1070. The predicted molar refractivity (Wildman–Crippen MR) is 141 cm³/mol. The van der Waals surface area contributed by atoms with E-state index < -0.39 is 28.6 Å². The molecule has 1 unspecified atom stereocenters. The number of hydrogen-bond donors (Lipinski definition) is 0. The number of halogens is 3. The van der Waals surface area contributed by atoms with Gasteiger partial charge in [-0.05, 0) is 35.1 Å². The molecular weight excluding hydrogens is 479 g/mol. The van der Waals surface area contributed by atoms with E-state index in [4.69, 9.17) is 4.43 Å². The highest BCUT2D eigenvalue weighted by molar-refractivity contribution is 7.37. The van der Waals surface area contributed by atoms with Gasteiger partial charge in [-0.2, -0.15) is 18.4 Å². The van der Waals surface area contributed by atoms with Gasteiger partial charge in [-0.25, -0.2) is 0 Å². The molecule has 3 rings (SSSR count). The largest absolute Gasteiger partial charge is 0.426 e. The monoisotopic (exact) mass is 511 g/mol. The van der Waals surface area contributed by atoms with Gasteiger partial charge in [0, 0.05) is 13.0 Å². The van der Waals surface area contributed by atoms with Crippen LogP contribution in [0.4, 0.5) is 13.2 Å². The highest BCUT2D eigenvalue weighted by Crippen LogP contribution is 2.36. The molecule has 1 atom stereocenters. The van der Waals surface area contributed by atoms with Crippen LogP contribution in [0.3, 0.4) is 0 Å². The SMILES string of the molecule is CC(C)(C)[Si]([SiH2]OCCC(CC#N)c1ccc(C(F)(F)F)cc1)(c1ccccc1)c1ccccc1. The Balaban J connectivity index is 1.81. The third-order valence-corrected chi connectivity index (χ3v) is 20.5. The van der Waals surface area contributed by atoms with E-state index in [-0.39, 0.29) is 17.4 Å². The minimum absolute atomic E-state index is 0.0292. The average molecular weight is 512 g/mol. The predicted octanol–water partition coefficient (Wildman–Crippen LogP) is 5.75. The van der Waals surface area contributed by atoms with Crippen LogP contribution in [-0.2, 0) is 10.6 Å². The van der Waals surface area contributed by atoms with E-state index in [0.29, 0.717) is 13.0 Å². The van der Waals surface area contributed by atoms with Gasteiger partial charge in [0.05, 0.1) is 11.6 Å². The second-order valence-corrected chi connectivity index (χ2v) is 19.1. The lowest BCUT2D eigenvalue weighted by Crippen LogP contribution is -2.69. The van der Waals surface area contributed by atoms with Crippen molar-refractivity contribution in [2.75, 3.05) is 6.61 Å². The van der Waals surface area contributed by atoms with E-state index >= 15 is 0 Å². The first-order valence-corrected chi connectivity index (χ1v) is 16.7. The van der Waals surface area contributed by atoms with E-state index in [9.17, 15) is 18.4 Å². The van der Waals surface area contributed by atoms with Gasteiger partial charge in [0.25, 0.3) is 0 Å². The molecule has 35 heavy (non-hydrogen) atoms. The Hall–Kier alpha value is -2.67. The van der Waals surface area contributed by atoms with Crippen molar-refractivity contribution >= 4 is 27.2 Å². The van der Waals surface area contributed by atoms with Crippen molar-refractivity contribution in [2.45, 2.75) is 50.7 Å². The van der Waals surface area contributed by atoms with Crippen molar-refractivity contribution < 1.29 is 17.6 Å². The lowest BCUT2D eigenvalue weighted by Gasteiger charge is -2.43. The van der Waals surface area contributed by atoms with Crippen LogP contribution in [0.2, 0.25) is 5.04 Å². The summed E-state index contributed by atoms with van der Waals surface area (Å²) in [6.45, 7) is 7.40. The fourth-order valence-electron chi connectivity index (χ4n) is 4.75. The van der Waals surface area contributed by atoms with E-state index in [0.717, 1.165) is 17.7 Å². The normalized spacial score (nSPS) is 13.6. The molecule has 0 saturated carbocycles. The van der Waals surface area contributed by atoms with Gasteiger partial charge < -0.3 is 4.43 Å². The fourth-order valence-corrected chi connectivity index (χ4v) is 14.8. The molecule has 0 fully saturated rings. The summed E-state index contributed by atoms with van der Waals surface area (Å²) in [7, 11) is -3.26. The van der Waals surface area contributed by atoms with Gasteiger partial charge in [-0.15, -0.1) is 0 Å². The summed E-state index contributed by atoms with van der Waals surface area (Å²) in [5.74, 6) is -0.157. The molecule has 0 aromatic heterocycles. The lowest BCUT2D eigenvalue weighted by atomic mass is 9.92. The Morgan fingerprint density at radius 2 is 1.37 bits per heavy atom. The van der Waals surface area contributed by atoms with Crippen molar-refractivity contribution in [3.63, 3.8) is 0 Å². The molecule has 0 aliphatic carbocycles. The molecule has 0 spiro atoms. The zero-order valence-corrected chi connectivity index (χ0v) is 22.9. The van der Waals surface area contributed by atoms with Crippen LogP contribution in [-0.4, -0.2) is 23.5 Å². The first kappa shape index (κ1) is 26.9. The molecule has 0 heterocycles. The van der Waals surface area contributed by atoms with E-state index in [1.807, 2.05) is 12.1 Å². The van der Waals surface area contributed by atoms with Gasteiger partial charge in [-0.3, -0.25) is 0 Å². The smallest absolute Gasteiger partial charge is 0.416 e. The van der Waals surface area contributed by atoms with Crippen LogP contribution in [0.25, 0.3) is 0 Å². The van der Waals surface area contributed by atoms with Gasteiger partial charge in [0.2, 0.25) is 0 Å². The summed E-state index contributed by atoms with van der Waals surface area (Å²) < 4.78 is 45.3. The Morgan fingerprint density at radius 3 is 1.80 bits per heavy atom. The number of nitriles is 1. The molecule has 0 N–H and O–H groups in total. The van der Waals surface area contributed by atoms with Crippen LogP contribution in [0.1, 0.15) is 50.7 Å². The zero-order valence-electron chi connectivity index (χ0n) is 20.5. The second kappa shape index (κ2) is 11.4. The van der Waals surface area contributed by atoms with Crippen LogP contribution in [0, 0.1) is 11.3 Å². The molecule has 3 aromatic carbocycles. The fraction of sp³-hybridized carbons (Fsp3) is 0.321. The average Bonchev–Trinajstić information content (AvgIpc) is 2.83. The Kier molecular flexibility index (Phi) is 8.76. The number of hydrogen-bond acceptors (Lipinski definition) is 2. The highest BCUT2D eigenvalue weighted by Gasteiger charge is 2.48. The van der Waals surface area contributed by atoms with Gasteiger partial charge in [-0.1, -0.05) is 104 Å². The van der Waals surface area contributed by atoms with Crippen LogP contribution in [0.5, 0.6) is 0 Å². The van der Waals surface area contributed by atoms with E-state index in [1.165, 1.54) is 22.5 Å². The summed E-state index contributed by atoms with van der Waals surface area (Å²) in [6, 6.07) is 28.7. The van der Waals surface area contributed by atoms with Crippen LogP contribution >= 0.6 is 0 Å².